The highest BCUT2D eigenvalue weighted by molar-refractivity contribution is 8.01. The van der Waals surface area contributed by atoms with Crippen LogP contribution in [0.2, 0.25) is 0 Å². The second-order valence-electron chi connectivity index (χ2n) is 5.96. The molecule has 2 aliphatic rings. The van der Waals surface area contributed by atoms with Crippen molar-refractivity contribution < 1.29 is 0 Å². The van der Waals surface area contributed by atoms with E-state index in [-0.39, 0.29) is 0 Å². The van der Waals surface area contributed by atoms with Crippen LogP contribution < -0.4 is 5.32 Å². The minimum Gasteiger partial charge on any atom is -0.306 e. The smallest absolute Gasteiger partial charge is 0.0649 e. The molecule has 3 rings (SSSR count). The van der Waals surface area contributed by atoms with Crippen LogP contribution in [0.15, 0.2) is 15.7 Å². The van der Waals surface area contributed by atoms with Gasteiger partial charge in [-0.25, -0.2) is 0 Å². The molecule has 1 fully saturated rings. The van der Waals surface area contributed by atoms with Crippen LogP contribution in [0.25, 0.3) is 0 Å². The highest BCUT2D eigenvalue weighted by Crippen LogP contribution is 2.43. The van der Waals surface area contributed by atoms with Crippen LogP contribution in [-0.4, -0.2) is 35.8 Å². The van der Waals surface area contributed by atoms with E-state index in [9.17, 15) is 0 Å². The van der Waals surface area contributed by atoms with E-state index < -0.39 is 0 Å². The molecule has 2 unspecified atom stereocenters. The summed E-state index contributed by atoms with van der Waals surface area (Å²) in [7, 11) is 0. The lowest BCUT2D eigenvalue weighted by atomic mass is 10.0. The third-order valence-electron chi connectivity index (χ3n) is 4.13. The number of nitrogens with one attached hydrogen (secondary N) is 1. The fraction of sp³-hybridized carbons (Fsp3) is 0.733. The van der Waals surface area contributed by atoms with Gasteiger partial charge in [0.2, 0.25) is 0 Å². The first kappa shape index (κ1) is 13.9. The van der Waals surface area contributed by atoms with E-state index in [0.717, 1.165) is 5.25 Å². The molecule has 3 heterocycles. The van der Waals surface area contributed by atoms with Gasteiger partial charge in [0.05, 0.1) is 4.21 Å². The van der Waals surface area contributed by atoms with Crippen LogP contribution in [0.4, 0.5) is 0 Å². The zero-order valence-electron chi connectivity index (χ0n) is 11.9. The summed E-state index contributed by atoms with van der Waals surface area (Å²) in [5, 5.41) is 6.85. The van der Waals surface area contributed by atoms with Crippen molar-refractivity contribution >= 4 is 23.1 Å². The molecule has 0 amide bonds. The maximum absolute atomic E-state index is 3.87. The van der Waals surface area contributed by atoms with Gasteiger partial charge in [0, 0.05) is 23.9 Å². The molecule has 0 saturated carbocycles. The number of rotatable bonds is 4. The first-order valence-corrected chi connectivity index (χ1v) is 9.21. The van der Waals surface area contributed by atoms with Crippen molar-refractivity contribution in [3.8, 4) is 0 Å². The minimum atomic E-state index is 0.565. The molecule has 0 aromatic carbocycles. The summed E-state index contributed by atoms with van der Waals surface area (Å²) in [6.07, 6.45) is 4.04. The fourth-order valence-electron chi connectivity index (χ4n) is 3.26. The van der Waals surface area contributed by atoms with Crippen LogP contribution in [0, 0.1) is 0 Å². The lowest BCUT2D eigenvalue weighted by Crippen LogP contribution is -2.41. The number of thiophene rings is 1. The van der Waals surface area contributed by atoms with E-state index in [2.05, 4.69) is 47.3 Å². The number of fused-ring (bicyclic) bond motifs is 1. The predicted molar refractivity (Wildman–Crippen MR) is 85.3 cm³/mol. The normalized spacial score (nSPS) is 29.4. The Labute approximate surface area is 125 Å². The highest BCUT2D eigenvalue weighted by atomic mass is 32.2. The second-order valence-corrected chi connectivity index (χ2v) is 8.58. The van der Waals surface area contributed by atoms with E-state index in [1.807, 2.05) is 11.3 Å². The monoisotopic (exact) mass is 296 g/mol. The molecule has 3 atom stereocenters. The Bertz CT molecular complexity index is 412. The van der Waals surface area contributed by atoms with Gasteiger partial charge in [-0.3, -0.25) is 0 Å². The SMILES string of the molecule is CC(CN1CCCC1)NC1C[C@H](C)Sc2sccc21. The number of likely N-dealkylation sites (tertiary alicyclic amines) is 1. The van der Waals surface area contributed by atoms with Crippen LogP contribution in [0.3, 0.4) is 0 Å². The molecule has 0 aliphatic carbocycles. The van der Waals surface area contributed by atoms with Crippen molar-refractivity contribution in [3.63, 3.8) is 0 Å². The molecule has 106 valence electrons. The summed E-state index contributed by atoms with van der Waals surface area (Å²) in [4.78, 5) is 2.60. The topological polar surface area (TPSA) is 15.3 Å². The third kappa shape index (κ3) is 3.35. The Morgan fingerprint density at radius 1 is 1.42 bits per heavy atom. The molecular weight excluding hydrogens is 272 g/mol. The van der Waals surface area contributed by atoms with Gasteiger partial charge in [-0.2, -0.15) is 0 Å². The Hall–Kier alpha value is -0.0300. The van der Waals surface area contributed by atoms with E-state index >= 15 is 0 Å². The summed E-state index contributed by atoms with van der Waals surface area (Å²) in [6, 6.07) is 3.47. The van der Waals surface area contributed by atoms with Gasteiger partial charge in [0.25, 0.3) is 0 Å². The number of nitrogens with zero attached hydrogens (tertiary/aromatic N) is 1. The zero-order valence-corrected chi connectivity index (χ0v) is 13.5. The summed E-state index contributed by atoms with van der Waals surface area (Å²) in [5.41, 5.74) is 1.54. The van der Waals surface area contributed by atoms with Crippen LogP contribution in [0.5, 0.6) is 0 Å². The Kier molecular flexibility index (Phi) is 4.52. The molecule has 4 heteroatoms. The number of hydrogen-bond donors (Lipinski definition) is 1. The molecule has 0 spiro atoms. The highest BCUT2D eigenvalue weighted by Gasteiger charge is 2.27. The van der Waals surface area contributed by atoms with Gasteiger partial charge in [-0.15, -0.1) is 23.1 Å². The third-order valence-corrected chi connectivity index (χ3v) is 6.47. The van der Waals surface area contributed by atoms with Gasteiger partial charge < -0.3 is 10.2 Å². The van der Waals surface area contributed by atoms with Crippen LogP contribution in [-0.2, 0) is 0 Å². The average Bonchev–Trinajstić information content (AvgIpc) is 2.99. The average molecular weight is 297 g/mol. The quantitative estimate of drug-likeness (QED) is 0.911. The van der Waals surface area contributed by atoms with Gasteiger partial charge in [0.15, 0.2) is 0 Å². The van der Waals surface area contributed by atoms with Crippen molar-refractivity contribution in [1.29, 1.82) is 0 Å². The van der Waals surface area contributed by atoms with E-state index in [1.165, 1.54) is 43.1 Å². The standard InChI is InChI=1S/C15H24N2S2/c1-11(10-17-6-3-4-7-17)16-14-9-12(2)19-15-13(14)5-8-18-15/h5,8,11-12,14,16H,3-4,6-7,9-10H2,1-2H3/t11?,12-,14?/m0/s1. The first-order valence-electron chi connectivity index (χ1n) is 7.45. The lowest BCUT2D eigenvalue weighted by molar-refractivity contribution is 0.282. The van der Waals surface area contributed by atoms with Crippen molar-refractivity contribution in [1.82, 2.24) is 10.2 Å². The van der Waals surface area contributed by atoms with Crippen molar-refractivity contribution in [3.05, 3.63) is 17.0 Å². The predicted octanol–water partition coefficient (Wildman–Crippen LogP) is 3.75. The molecule has 2 aliphatic heterocycles. The Morgan fingerprint density at radius 3 is 3.00 bits per heavy atom. The van der Waals surface area contributed by atoms with Gasteiger partial charge in [-0.05, 0) is 56.3 Å². The van der Waals surface area contributed by atoms with Crippen molar-refractivity contribution in [2.75, 3.05) is 19.6 Å². The molecular formula is C15H24N2S2. The summed E-state index contributed by atoms with van der Waals surface area (Å²) >= 11 is 3.96. The molecule has 19 heavy (non-hydrogen) atoms. The second kappa shape index (κ2) is 6.17. The first-order chi connectivity index (χ1) is 9.22. The van der Waals surface area contributed by atoms with E-state index in [4.69, 9.17) is 0 Å². The Morgan fingerprint density at radius 2 is 2.21 bits per heavy atom. The van der Waals surface area contributed by atoms with Gasteiger partial charge in [0.1, 0.15) is 0 Å². The maximum atomic E-state index is 3.87. The van der Waals surface area contributed by atoms with E-state index in [1.54, 1.807) is 5.56 Å². The van der Waals surface area contributed by atoms with Gasteiger partial charge >= 0.3 is 0 Å². The molecule has 1 aromatic rings. The van der Waals surface area contributed by atoms with E-state index in [0.29, 0.717) is 12.1 Å². The fourth-order valence-corrected chi connectivity index (χ4v) is 5.82. The number of thioether (sulfide) groups is 1. The molecule has 1 aromatic heterocycles. The molecule has 1 N–H and O–H groups in total. The molecule has 1 saturated heterocycles. The zero-order chi connectivity index (χ0) is 13.2. The van der Waals surface area contributed by atoms with Gasteiger partial charge in [-0.1, -0.05) is 6.92 Å². The summed E-state index contributed by atoms with van der Waals surface area (Å²) in [6.45, 7) is 8.50. The maximum Gasteiger partial charge on any atom is 0.0649 e. The number of hydrogen-bond acceptors (Lipinski definition) is 4. The molecule has 2 nitrogen and oxygen atoms in total. The molecule has 0 bridgehead atoms. The van der Waals surface area contributed by atoms with Crippen molar-refractivity contribution in [2.24, 2.45) is 0 Å². The Balaban J connectivity index is 1.60. The lowest BCUT2D eigenvalue weighted by Gasteiger charge is -2.31. The minimum absolute atomic E-state index is 0.565. The van der Waals surface area contributed by atoms with Crippen LogP contribution in [0.1, 0.15) is 44.7 Å². The van der Waals surface area contributed by atoms with Crippen molar-refractivity contribution in [2.45, 2.75) is 54.7 Å². The molecule has 0 radical (unpaired) electrons. The largest absolute Gasteiger partial charge is 0.306 e. The van der Waals surface area contributed by atoms with Crippen LogP contribution >= 0.6 is 23.1 Å². The summed E-state index contributed by atoms with van der Waals surface area (Å²) < 4.78 is 1.53. The summed E-state index contributed by atoms with van der Waals surface area (Å²) in [5.74, 6) is 0.